The highest BCUT2D eigenvalue weighted by Crippen LogP contribution is 2.28. The van der Waals surface area contributed by atoms with Gasteiger partial charge in [-0.15, -0.1) is 11.3 Å². The van der Waals surface area contributed by atoms with Gasteiger partial charge in [0.25, 0.3) is 0 Å². The third kappa shape index (κ3) is 4.09. The second-order valence-electron chi connectivity index (χ2n) is 3.67. The van der Waals surface area contributed by atoms with Crippen LogP contribution in [-0.2, 0) is 17.8 Å². The largest absolute Gasteiger partial charge is 0.485 e. The molecule has 0 saturated heterocycles. The van der Waals surface area contributed by atoms with Crippen LogP contribution in [0.3, 0.4) is 0 Å². The number of rotatable bonds is 5. The molecule has 2 aromatic rings. The van der Waals surface area contributed by atoms with Gasteiger partial charge in [0.2, 0.25) is 0 Å². The highest BCUT2D eigenvalue weighted by Gasteiger charge is 2.08. The van der Waals surface area contributed by atoms with Crippen LogP contribution in [0.4, 0.5) is 0 Å². The first kappa shape index (κ1) is 14.1. The second-order valence-corrected chi connectivity index (χ2v) is 5.45. The van der Waals surface area contributed by atoms with Gasteiger partial charge < -0.3 is 9.84 Å². The third-order valence-electron chi connectivity index (χ3n) is 2.18. The molecule has 1 N–H and O–H groups in total. The van der Waals surface area contributed by atoms with Crippen molar-refractivity contribution in [1.82, 2.24) is 4.98 Å². The van der Waals surface area contributed by atoms with Gasteiger partial charge in [-0.3, -0.25) is 4.79 Å². The predicted molar refractivity (Wildman–Crippen MR) is 74.2 cm³/mol. The lowest BCUT2D eigenvalue weighted by Gasteiger charge is -2.06. The number of halogens is 2. The lowest BCUT2D eigenvalue weighted by atomic mass is 10.3. The van der Waals surface area contributed by atoms with E-state index < -0.39 is 5.97 Å². The van der Waals surface area contributed by atoms with Crippen molar-refractivity contribution in [2.24, 2.45) is 0 Å². The van der Waals surface area contributed by atoms with Crippen LogP contribution >= 0.6 is 34.5 Å². The molecule has 0 saturated carbocycles. The second kappa shape index (κ2) is 6.23. The average molecular weight is 318 g/mol. The minimum Gasteiger partial charge on any atom is -0.485 e. The number of carboxylic acid groups (broad SMARTS) is 1. The first-order chi connectivity index (χ1) is 9.04. The molecule has 0 unspecified atom stereocenters. The molecule has 7 heteroatoms. The molecule has 0 radical (unpaired) electrons. The van der Waals surface area contributed by atoms with Gasteiger partial charge in [-0.2, -0.15) is 0 Å². The standard InChI is InChI=1S/C12H9Cl2NO3S/c13-7-1-2-10(9(14)3-7)18-5-11-15-8(6-19-11)4-12(16)17/h1-3,6H,4-5H2,(H,16,17). The summed E-state index contributed by atoms with van der Waals surface area (Å²) in [6.45, 7) is 0.242. The minimum atomic E-state index is -0.904. The van der Waals surface area contributed by atoms with E-state index in [9.17, 15) is 4.79 Å². The Kier molecular flexibility index (Phi) is 4.63. The van der Waals surface area contributed by atoms with Gasteiger partial charge in [-0.1, -0.05) is 23.2 Å². The number of ether oxygens (including phenoxy) is 1. The highest BCUT2D eigenvalue weighted by molar-refractivity contribution is 7.09. The number of carbonyl (C=O) groups is 1. The minimum absolute atomic E-state index is 0.0851. The maximum atomic E-state index is 10.5. The maximum absolute atomic E-state index is 10.5. The van der Waals surface area contributed by atoms with Crippen LogP contribution in [0.2, 0.25) is 10.0 Å². The third-order valence-corrected chi connectivity index (χ3v) is 3.58. The fraction of sp³-hybridized carbons (Fsp3) is 0.167. The molecule has 4 nitrogen and oxygen atoms in total. The SMILES string of the molecule is O=C(O)Cc1csc(COc2ccc(Cl)cc2Cl)n1. The van der Waals surface area contributed by atoms with E-state index in [1.165, 1.54) is 11.3 Å². The zero-order valence-electron chi connectivity index (χ0n) is 9.60. The Hall–Kier alpha value is -1.30. The Labute approximate surface area is 123 Å². The summed E-state index contributed by atoms with van der Waals surface area (Å²) in [6.07, 6.45) is -0.0851. The molecule has 0 aliphatic heterocycles. The number of nitrogens with zero attached hydrogens (tertiary/aromatic N) is 1. The van der Waals surface area contributed by atoms with Crippen LogP contribution in [0.5, 0.6) is 5.75 Å². The summed E-state index contributed by atoms with van der Waals surface area (Å²) in [5, 5.41) is 12.0. The highest BCUT2D eigenvalue weighted by atomic mass is 35.5. The first-order valence-electron chi connectivity index (χ1n) is 5.27. The Bertz CT molecular complexity index is 600. The Morgan fingerprint density at radius 3 is 2.89 bits per heavy atom. The molecule has 0 amide bonds. The molecule has 0 aliphatic carbocycles. The molecule has 2 rings (SSSR count). The van der Waals surface area contributed by atoms with Crippen LogP contribution in [0.25, 0.3) is 0 Å². The van der Waals surface area contributed by atoms with Crippen LogP contribution in [-0.4, -0.2) is 16.1 Å². The number of benzene rings is 1. The Balaban J connectivity index is 1.98. The predicted octanol–water partition coefficient (Wildman–Crippen LogP) is 3.66. The van der Waals surface area contributed by atoms with Gasteiger partial charge in [0.15, 0.2) is 0 Å². The quantitative estimate of drug-likeness (QED) is 0.914. The van der Waals surface area contributed by atoms with E-state index in [0.717, 1.165) is 0 Å². The molecule has 0 fully saturated rings. The molecule has 0 bridgehead atoms. The van der Waals surface area contributed by atoms with Gasteiger partial charge in [0.1, 0.15) is 17.4 Å². The van der Waals surface area contributed by atoms with Gasteiger partial charge in [-0.25, -0.2) is 4.98 Å². The summed E-state index contributed by atoms with van der Waals surface area (Å²) in [7, 11) is 0. The van der Waals surface area contributed by atoms with E-state index in [0.29, 0.717) is 26.5 Å². The van der Waals surface area contributed by atoms with E-state index in [-0.39, 0.29) is 13.0 Å². The molecular formula is C12H9Cl2NO3S. The lowest BCUT2D eigenvalue weighted by Crippen LogP contribution is -2.01. The van der Waals surface area contributed by atoms with Crippen molar-refractivity contribution < 1.29 is 14.6 Å². The number of aromatic nitrogens is 1. The summed E-state index contributed by atoms with van der Waals surface area (Å²) in [5.41, 5.74) is 0.526. The van der Waals surface area contributed by atoms with Gasteiger partial charge in [0.05, 0.1) is 17.1 Å². The molecule has 1 aromatic carbocycles. The smallest absolute Gasteiger partial charge is 0.309 e. The summed E-state index contributed by atoms with van der Waals surface area (Å²) >= 11 is 13.1. The van der Waals surface area contributed by atoms with Crippen molar-refractivity contribution in [3.05, 3.63) is 44.3 Å². The molecule has 19 heavy (non-hydrogen) atoms. The van der Waals surface area contributed by atoms with Gasteiger partial charge in [-0.05, 0) is 18.2 Å². The summed E-state index contributed by atoms with van der Waals surface area (Å²) in [6, 6.07) is 4.95. The Morgan fingerprint density at radius 1 is 1.42 bits per heavy atom. The molecule has 0 atom stereocenters. The normalized spacial score (nSPS) is 10.4. The molecule has 0 spiro atoms. The summed E-state index contributed by atoms with van der Waals surface area (Å²) < 4.78 is 5.51. The fourth-order valence-corrected chi connectivity index (χ4v) is 2.55. The molecule has 100 valence electrons. The van der Waals surface area contributed by atoms with E-state index in [1.807, 2.05) is 0 Å². The van der Waals surface area contributed by atoms with Gasteiger partial charge >= 0.3 is 5.97 Å². The van der Waals surface area contributed by atoms with Crippen LogP contribution in [0.1, 0.15) is 10.7 Å². The van der Waals surface area contributed by atoms with Crippen molar-refractivity contribution in [2.75, 3.05) is 0 Å². The number of carboxylic acids is 1. The van der Waals surface area contributed by atoms with E-state index in [1.54, 1.807) is 23.6 Å². The van der Waals surface area contributed by atoms with Gasteiger partial charge in [0, 0.05) is 10.4 Å². The number of hydrogen-bond donors (Lipinski definition) is 1. The van der Waals surface area contributed by atoms with Crippen LogP contribution in [0, 0.1) is 0 Å². The van der Waals surface area contributed by atoms with E-state index in [2.05, 4.69) is 4.98 Å². The van der Waals surface area contributed by atoms with E-state index >= 15 is 0 Å². The zero-order valence-corrected chi connectivity index (χ0v) is 11.9. The summed E-state index contributed by atoms with van der Waals surface area (Å²) in [4.78, 5) is 14.7. The Morgan fingerprint density at radius 2 is 2.21 bits per heavy atom. The van der Waals surface area contributed by atoms with Crippen molar-refractivity contribution in [2.45, 2.75) is 13.0 Å². The monoisotopic (exact) mass is 317 g/mol. The van der Waals surface area contributed by atoms with Crippen molar-refractivity contribution in [3.63, 3.8) is 0 Å². The zero-order chi connectivity index (χ0) is 13.8. The number of hydrogen-bond acceptors (Lipinski definition) is 4. The topological polar surface area (TPSA) is 59.4 Å². The van der Waals surface area contributed by atoms with Crippen LogP contribution in [0.15, 0.2) is 23.6 Å². The first-order valence-corrected chi connectivity index (χ1v) is 6.91. The molecular weight excluding hydrogens is 309 g/mol. The average Bonchev–Trinajstić information content (AvgIpc) is 2.74. The molecule has 0 aliphatic rings. The van der Waals surface area contributed by atoms with E-state index in [4.69, 9.17) is 33.0 Å². The summed E-state index contributed by atoms with van der Waals surface area (Å²) in [5.74, 6) is -0.389. The van der Waals surface area contributed by atoms with Crippen molar-refractivity contribution in [3.8, 4) is 5.75 Å². The lowest BCUT2D eigenvalue weighted by molar-refractivity contribution is -0.136. The molecule has 1 heterocycles. The number of thiazole rings is 1. The number of aliphatic carboxylic acids is 1. The molecule has 1 aromatic heterocycles. The van der Waals surface area contributed by atoms with Crippen molar-refractivity contribution >= 4 is 40.5 Å². The van der Waals surface area contributed by atoms with Crippen LogP contribution < -0.4 is 4.74 Å². The van der Waals surface area contributed by atoms with Crippen molar-refractivity contribution in [1.29, 1.82) is 0 Å². The maximum Gasteiger partial charge on any atom is 0.309 e. The fourth-order valence-electron chi connectivity index (χ4n) is 1.38.